The zero-order valence-corrected chi connectivity index (χ0v) is 12.7. The Morgan fingerprint density at radius 3 is 2.50 bits per heavy atom. The number of benzene rings is 2. The first-order valence-corrected chi connectivity index (χ1v) is 7.49. The van der Waals surface area contributed by atoms with E-state index in [9.17, 15) is 4.79 Å². The minimum absolute atomic E-state index is 0.0321. The van der Waals surface area contributed by atoms with Crippen molar-refractivity contribution in [2.24, 2.45) is 5.73 Å². The van der Waals surface area contributed by atoms with E-state index in [1.54, 1.807) is 24.5 Å². The molecular formula is C18H15N3O3. The average Bonchev–Trinajstić information content (AvgIpc) is 3.16. The number of carbonyl (C=O) groups excluding carboxylic acids is 1. The number of aromatic nitrogens is 2. The second-order valence-electron chi connectivity index (χ2n) is 5.59. The van der Waals surface area contributed by atoms with Crippen LogP contribution in [0.5, 0.6) is 11.5 Å². The summed E-state index contributed by atoms with van der Waals surface area (Å²) in [7, 11) is 0. The smallest absolute Gasteiger partial charge is 0.270 e. The molecule has 0 saturated carbocycles. The van der Waals surface area contributed by atoms with Crippen LogP contribution in [-0.2, 0) is 10.4 Å². The Balaban J connectivity index is 1.73. The molecule has 0 fully saturated rings. The van der Waals surface area contributed by atoms with Crippen LogP contribution in [0.1, 0.15) is 5.56 Å². The van der Waals surface area contributed by atoms with Gasteiger partial charge in [-0.15, -0.1) is 0 Å². The van der Waals surface area contributed by atoms with E-state index in [2.05, 4.69) is 10.2 Å². The SMILES string of the molecule is NC(=O)C1(c2ccc(-c3cn[nH]c3)cc2)COc2ccccc2O1. The van der Waals surface area contributed by atoms with Gasteiger partial charge in [-0.1, -0.05) is 36.4 Å². The third-order valence-electron chi connectivity index (χ3n) is 4.15. The number of para-hydroxylation sites is 2. The highest BCUT2D eigenvalue weighted by atomic mass is 16.6. The number of rotatable bonds is 3. The van der Waals surface area contributed by atoms with Crippen molar-refractivity contribution >= 4 is 5.91 Å². The van der Waals surface area contributed by atoms with Crippen LogP contribution in [0.2, 0.25) is 0 Å². The van der Waals surface area contributed by atoms with Crippen LogP contribution in [0.25, 0.3) is 11.1 Å². The van der Waals surface area contributed by atoms with Crippen molar-refractivity contribution in [1.82, 2.24) is 10.2 Å². The lowest BCUT2D eigenvalue weighted by Gasteiger charge is -2.36. The highest BCUT2D eigenvalue weighted by molar-refractivity contribution is 5.86. The number of carbonyl (C=O) groups is 1. The lowest BCUT2D eigenvalue weighted by molar-refractivity contribution is -0.139. The molecule has 120 valence electrons. The van der Waals surface area contributed by atoms with Crippen molar-refractivity contribution in [3.8, 4) is 22.6 Å². The highest BCUT2D eigenvalue weighted by Gasteiger charge is 2.45. The van der Waals surface area contributed by atoms with Crippen LogP contribution in [0.3, 0.4) is 0 Å². The zero-order valence-electron chi connectivity index (χ0n) is 12.7. The Morgan fingerprint density at radius 1 is 1.08 bits per heavy atom. The van der Waals surface area contributed by atoms with Crippen LogP contribution in [0, 0.1) is 0 Å². The Hall–Kier alpha value is -3.28. The van der Waals surface area contributed by atoms with Crippen molar-refractivity contribution in [2.75, 3.05) is 6.61 Å². The second kappa shape index (κ2) is 5.42. The number of amides is 1. The molecule has 0 saturated heterocycles. The molecule has 6 heteroatoms. The van der Waals surface area contributed by atoms with Gasteiger partial charge < -0.3 is 15.2 Å². The summed E-state index contributed by atoms with van der Waals surface area (Å²) in [4.78, 5) is 12.2. The molecule has 2 aromatic carbocycles. The minimum atomic E-state index is -1.34. The molecule has 0 bridgehead atoms. The molecule has 3 aromatic rings. The number of nitrogens with zero attached hydrogens (tertiary/aromatic N) is 1. The third-order valence-corrected chi connectivity index (χ3v) is 4.15. The molecule has 1 aliphatic rings. The molecule has 6 nitrogen and oxygen atoms in total. The first-order valence-electron chi connectivity index (χ1n) is 7.49. The minimum Gasteiger partial charge on any atom is -0.485 e. The molecule has 4 rings (SSSR count). The van der Waals surface area contributed by atoms with Gasteiger partial charge >= 0.3 is 0 Å². The first kappa shape index (κ1) is 14.3. The average molecular weight is 321 g/mol. The summed E-state index contributed by atoms with van der Waals surface area (Å²) in [5.74, 6) is 0.513. The Morgan fingerprint density at radius 2 is 1.83 bits per heavy atom. The van der Waals surface area contributed by atoms with Crippen LogP contribution >= 0.6 is 0 Å². The van der Waals surface area contributed by atoms with E-state index in [0.29, 0.717) is 17.1 Å². The molecule has 0 aliphatic carbocycles. The Labute approximate surface area is 138 Å². The molecular weight excluding hydrogens is 306 g/mol. The van der Waals surface area contributed by atoms with E-state index in [1.165, 1.54) is 0 Å². The van der Waals surface area contributed by atoms with E-state index < -0.39 is 11.5 Å². The fraction of sp³-hybridized carbons (Fsp3) is 0.111. The van der Waals surface area contributed by atoms with Gasteiger partial charge in [0.25, 0.3) is 5.91 Å². The summed E-state index contributed by atoms with van der Waals surface area (Å²) in [6, 6.07) is 14.7. The van der Waals surface area contributed by atoms with Crippen LogP contribution in [-0.4, -0.2) is 22.7 Å². The standard InChI is InChI=1S/C18H15N3O3/c19-17(22)18(11-23-15-3-1-2-4-16(15)24-18)14-7-5-12(6-8-14)13-9-20-21-10-13/h1-10H,11H2,(H2,19,22)(H,20,21). The second-order valence-corrected chi connectivity index (χ2v) is 5.59. The van der Waals surface area contributed by atoms with Crippen molar-refractivity contribution < 1.29 is 14.3 Å². The van der Waals surface area contributed by atoms with Gasteiger partial charge in [-0.2, -0.15) is 5.10 Å². The van der Waals surface area contributed by atoms with E-state index in [4.69, 9.17) is 15.2 Å². The first-order chi connectivity index (χ1) is 11.7. The molecule has 1 aliphatic heterocycles. The zero-order chi connectivity index (χ0) is 16.6. The largest absolute Gasteiger partial charge is 0.485 e. The Bertz CT molecular complexity index is 875. The normalized spacial score (nSPS) is 19.0. The lowest BCUT2D eigenvalue weighted by Crippen LogP contribution is -2.52. The van der Waals surface area contributed by atoms with Gasteiger partial charge in [0.1, 0.15) is 6.61 Å². The van der Waals surface area contributed by atoms with Crippen LogP contribution in [0.4, 0.5) is 0 Å². The summed E-state index contributed by atoms with van der Waals surface area (Å²) in [6.07, 6.45) is 3.53. The summed E-state index contributed by atoms with van der Waals surface area (Å²) in [6.45, 7) is 0.0321. The van der Waals surface area contributed by atoms with Crippen molar-refractivity contribution in [3.63, 3.8) is 0 Å². The predicted molar refractivity (Wildman–Crippen MR) is 87.5 cm³/mol. The quantitative estimate of drug-likeness (QED) is 0.774. The predicted octanol–water partition coefficient (Wildman–Crippen LogP) is 2.23. The number of ether oxygens (including phenoxy) is 2. The molecule has 1 atom stereocenters. The maximum absolute atomic E-state index is 12.2. The number of hydrogen-bond acceptors (Lipinski definition) is 4. The van der Waals surface area contributed by atoms with E-state index >= 15 is 0 Å². The van der Waals surface area contributed by atoms with E-state index in [-0.39, 0.29) is 6.61 Å². The number of nitrogens with one attached hydrogen (secondary N) is 1. The molecule has 24 heavy (non-hydrogen) atoms. The molecule has 3 N–H and O–H groups in total. The van der Waals surface area contributed by atoms with Gasteiger partial charge in [0.05, 0.1) is 6.20 Å². The number of hydrogen-bond donors (Lipinski definition) is 2. The molecule has 2 heterocycles. The number of nitrogens with two attached hydrogens (primary N) is 1. The molecule has 1 amide bonds. The van der Waals surface area contributed by atoms with Gasteiger partial charge in [-0.05, 0) is 17.7 Å². The number of primary amides is 1. The molecule has 1 aromatic heterocycles. The number of H-pyrrole nitrogens is 1. The van der Waals surface area contributed by atoms with Gasteiger partial charge in [-0.25, -0.2) is 0 Å². The van der Waals surface area contributed by atoms with E-state index in [0.717, 1.165) is 11.1 Å². The van der Waals surface area contributed by atoms with Crippen molar-refractivity contribution in [1.29, 1.82) is 0 Å². The maximum Gasteiger partial charge on any atom is 0.270 e. The Kier molecular flexibility index (Phi) is 3.23. The maximum atomic E-state index is 12.2. The number of aromatic amines is 1. The van der Waals surface area contributed by atoms with Gasteiger partial charge in [-0.3, -0.25) is 9.89 Å². The monoisotopic (exact) mass is 321 g/mol. The van der Waals surface area contributed by atoms with Crippen LogP contribution in [0.15, 0.2) is 60.9 Å². The lowest BCUT2D eigenvalue weighted by atomic mass is 9.91. The summed E-state index contributed by atoms with van der Waals surface area (Å²) < 4.78 is 11.7. The summed E-state index contributed by atoms with van der Waals surface area (Å²) >= 11 is 0. The van der Waals surface area contributed by atoms with Gasteiger partial charge in [0.15, 0.2) is 11.5 Å². The fourth-order valence-corrected chi connectivity index (χ4v) is 2.80. The molecule has 0 spiro atoms. The van der Waals surface area contributed by atoms with Crippen molar-refractivity contribution in [2.45, 2.75) is 5.60 Å². The fourth-order valence-electron chi connectivity index (χ4n) is 2.80. The summed E-state index contributed by atoms with van der Waals surface area (Å²) in [5, 5.41) is 6.71. The van der Waals surface area contributed by atoms with Gasteiger partial charge in [0.2, 0.25) is 5.60 Å². The van der Waals surface area contributed by atoms with Crippen molar-refractivity contribution in [3.05, 3.63) is 66.5 Å². The van der Waals surface area contributed by atoms with Crippen LogP contribution < -0.4 is 15.2 Å². The van der Waals surface area contributed by atoms with Gasteiger partial charge in [0, 0.05) is 17.3 Å². The topological polar surface area (TPSA) is 90.2 Å². The number of fused-ring (bicyclic) bond motifs is 1. The third kappa shape index (κ3) is 2.20. The molecule has 1 unspecified atom stereocenters. The van der Waals surface area contributed by atoms with E-state index in [1.807, 2.05) is 36.4 Å². The molecule has 0 radical (unpaired) electrons. The summed E-state index contributed by atoms with van der Waals surface area (Å²) in [5.41, 5.74) is 6.91. The highest BCUT2D eigenvalue weighted by Crippen LogP contribution is 2.39.